The SMILES string of the molecule is Cc1ccccc1CC(C)(C=O)c1ccc2c(c1)OCO2. The molecule has 0 fully saturated rings. The molecule has 21 heavy (non-hydrogen) atoms. The molecule has 0 radical (unpaired) electrons. The molecule has 1 atom stereocenters. The van der Waals surface area contributed by atoms with Crippen molar-refractivity contribution >= 4 is 6.29 Å². The van der Waals surface area contributed by atoms with Crippen LogP contribution in [0.15, 0.2) is 42.5 Å². The van der Waals surface area contributed by atoms with E-state index in [1.807, 2.05) is 37.3 Å². The number of aryl methyl sites for hydroxylation is 1. The molecule has 0 amide bonds. The lowest BCUT2D eigenvalue weighted by molar-refractivity contribution is -0.112. The van der Waals surface area contributed by atoms with Crippen molar-refractivity contribution in [1.29, 1.82) is 0 Å². The number of carbonyl (C=O) groups is 1. The second kappa shape index (κ2) is 5.24. The highest BCUT2D eigenvalue weighted by atomic mass is 16.7. The van der Waals surface area contributed by atoms with E-state index in [4.69, 9.17) is 9.47 Å². The molecule has 0 aliphatic carbocycles. The van der Waals surface area contributed by atoms with E-state index in [0.29, 0.717) is 12.2 Å². The van der Waals surface area contributed by atoms with Gasteiger partial charge in [0, 0.05) is 0 Å². The van der Waals surface area contributed by atoms with Gasteiger partial charge in [-0.2, -0.15) is 0 Å². The summed E-state index contributed by atoms with van der Waals surface area (Å²) in [5.74, 6) is 1.45. The predicted octanol–water partition coefficient (Wildman–Crippen LogP) is 3.42. The Bertz CT molecular complexity index is 678. The van der Waals surface area contributed by atoms with Crippen LogP contribution in [-0.4, -0.2) is 13.1 Å². The van der Waals surface area contributed by atoms with Crippen LogP contribution in [0.4, 0.5) is 0 Å². The first-order valence-electron chi connectivity index (χ1n) is 7.03. The molecule has 2 aromatic rings. The van der Waals surface area contributed by atoms with E-state index < -0.39 is 5.41 Å². The van der Waals surface area contributed by atoms with Crippen LogP contribution in [-0.2, 0) is 16.6 Å². The van der Waals surface area contributed by atoms with Gasteiger partial charge in [0.15, 0.2) is 11.5 Å². The highest BCUT2D eigenvalue weighted by Gasteiger charge is 2.29. The molecule has 3 rings (SSSR count). The van der Waals surface area contributed by atoms with Crippen LogP contribution in [0.5, 0.6) is 11.5 Å². The molecule has 1 aliphatic rings. The number of rotatable bonds is 4. The van der Waals surface area contributed by atoms with Gasteiger partial charge in [0.2, 0.25) is 6.79 Å². The van der Waals surface area contributed by atoms with Crippen LogP contribution in [0.1, 0.15) is 23.6 Å². The molecule has 0 saturated carbocycles. The average molecular weight is 282 g/mol. The number of benzene rings is 2. The lowest BCUT2D eigenvalue weighted by atomic mass is 9.77. The number of carbonyl (C=O) groups excluding carboxylic acids is 1. The fourth-order valence-electron chi connectivity index (χ4n) is 2.67. The molecular formula is C18H18O3. The van der Waals surface area contributed by atoms with E-state index in [0.717, 1.165) is 17.6 Å². The van der Waals surface area contributed by atoms with Crippen LogP contribution >= 0.6 is 0 Å². The van der Waals surface area contributed by atoms with Gasteiger partial charge in [-0.25, -0.2) is 0 Å². The lowest BCUT2D eigenvalue weighted by Crippen LogP contribution is -2.27. The smallest absolute Gasteiger partial charge is 0.231 e. The zero-order chi connectivity index (χ0) is 14.9. The van der Waals surface area contributed by atoms with Crippen molar-refractivity contribution in [2.75, 3.05) is 6.79 Å². The maximum Gasteiger partial charge on any atom is 0.231 e. The minimum absolute atomic E-state index is 0.244. The Balaban J connectivity index is 1.96. The van der Waals surface area contributed by atoms with Crippen molar-refractivity contribution in [1.82, 2.24) is 0 Å². The summed E-state index contributed by atoms with van der Waals surface area (Å²) in [7, 11) is 0. The first-order chi connectivity index (χ1) is 10.1. The molecule has 2 aromatic carbocycles. The third kappa shape index (κ3) is 2.51. The van der Waals surface area contributed by atoms with Crippen LogP contribution in [0, 0.1) is 6.92 Å². The summed E-state index contributed by atoms with van der Waals surface area (Å²) < 4.78 is 10.7. The number of fused-ring (bicyclic) bond motifs is 1. The van der Waals surface area contributed by atoms with Gasteiger partial charge in [0.25, 0.3) is 0 Å². The second-order valence-corrected chi connectivity index (χ2v) is 5.71. The molecule has 1 aliphatic heterocycles. The average Bonchev–Trinajstić information content (AvgIpc) is 2.97. The van der Waals surface area contributed by atoms with Gasteiger partial charge in [0.05, 0.1) is 5.41 Å². The lowest BCUT2D eigenvalue weighted by Gasteiger charge is -2.25. The predicted molar refractivity (Wildman–Crippen MR) is 80.9 cm³/mol. The maximum absolute atomic E-state index is 11.8. The highest BCUT2D eigenvalue weighted by molar-refractivity contribution is 5.70. The summed E-state index contributed by atoms with van der Waals surface area (Å²) >= 11 is 0. The summed E-state index contributed by atoms with van der Waals surface area (Å²) in [6.07, 6.45) is 1.69. The van der Waals surface area contributed by atoms with Crippen LogP contribution in [0.25, 0.3) is 0 Å². The summed E-state index contributed by atoms with van der Waals surface area (Å²) in [5.41, 5.74) is 2.76. The fraction of sp³-hybridized carbons (Fsp3) is 0.278. The maximum atomic E-state index is 11.8. The van der Waals surface area contributed by atoms with Gasteiger partial charge in [-0.15, -0.1) is 0 Å². The molecule has 3 heteroatoms. The Morgan fingerprint density at radius 3 is 2.67 bits per heavy atom. The molecular weight excluding hydrogens is 264 g/mol. The Hall–Kier alpha value is -2.29. The Morgan fingerprint density at radius 2 is 1.90 bits per heavy atom. The van der Waals surface area contributed by atoms with Gasteiger partial charge < -0.3 is 14.3 Å². The van der Waals surface area contributed by atoms with E-state index in [9.17, 15) is 4.79 Å². The van der Waals surface area contributed by atoms with E-state index in [2.05, 4.69) is 19.1 Å². The molecule has 3 nitrogen and oxygen atoms in total. The van der Waals surface area contributed by atoms with Gasteiger partial charge in [-0.05, 0) is 49.1 Å². The zero-order valence-corrected chi connectivity index (χ0v) is 12.3. The Kier molecular flexibility index (Phi) is 3.42. The third-order valence-corrected chi connectivity index (χ3v) is 4.11. The normalized spacial score (nSPS) is 15.5. The van der Waals surface area contributed by atoms with Crippen molar-refractivity contribution < 1.29 is 14.3 Å². The molecule has 0 N–H and O–H groups in total. The molecule has 0 aromatic heterocycles. The van der Waals surface area contributed by atoms with E-state index in [1.165, 1.54) is 11.1 Å². The van der Waals surface area contributed by atoms with Crippen LogP contribution in [0.2, 0.25) is 0 Å². The molecule has 108 valence electrons. The molecule has 0 spiro atoms. The van der Waals surface area contributed by atoms with Gasteiger partial charge in [-0.3, -0.25) is 0 Å². The first-order valence-corrected chi connectivity index (χ1v) is 7.03. The van der Waals surface area contributed by atoms with Crippen molar-refractivity contribution in [2.45, 2.75) is 25.7 Å². The Morgan fingerprint density at radius 1 is 1.14 bits per heavy atom. The number of hydrogen-bond acceptors (Lipinski definition) is 3. The largest absolute Gasteiger partial charge is 0.454 e. The summed E-state index contributed by atoms with van der Waals surface area (Å²) in [5, 5.41) is 0. The number of aldehydes is 1. The Labute approximate surface area is 124 Å². The van der Waals surface area contributed by atoms with E-state index in [1.54, 1.807) is 0 Å². The third-order valence-electron chi connectivity index (χ3n) is 4.11. The van der Waals surface area contributed by atoms with E-state index >= 15 is 0 Å². The quantitative estimate of drug-likeness (QED) is 0.806. The first kappa shape index (κ1) is 13.7. The summed E-state index contributed by atoms with van der Waals surface area (Å²) in [6.45, 7) is 4.28. The van der Waals surface area contributed by atoms with Crippen molar-refractivity contribution in [3.05, 3.63) is 59.2 Å². The van der Waals surface area contributed by atoms with Gasteiger partial charge >= 0.3 is 0 Å². The number of ether oxygens (including phenoxy) is 2. The van der Waals surface area contributed by atoms with Gasteiger partial charge in [-0.1, -0.05) is 30.3 Å². The van der Waals surface area contributed by atoms with Crippen molar-refractivity contribution in [3.8, 4) is 11.5 Å². The summed E-state index contributed by atoms with van der Waals surface area (Å²) in [4.78, 5) is 11.8. The second-order valence-electron chi connectivity index (χ2n) is 5.71. The zero-order valence-electron chi connectivity index (χ0n) is 12.3. The standard InChI is InChI=1S/C18H18O3/c1-13-5-3-4-6-14(13)10-18(2,11-19)15-7-8-16-17(9-15)21-12-20-16/h3-9,11H,10,12H2,1-2H3. The van der Waals surface area contributed by atoms with Crippen LogP contribution < -0.4 is 9.47 Å². The molecule has 1 heterocycles. The number of hydrogen-bond donors (Lipinski definition) is 0. The minimum Gasteiger partial charge on any atom is -0.454 e. The molecule has 0 bridgehead atoms. The van der Waals surface area contributed by atoms with E-state index in [-0.39, 0.29) is 6.79 Å². The monoisotopic (exact) mass is 282 g/mol. The van der Waals surface area contributed by atoms with Crippen molar-refractivity contribution in [3.63, 3.8) is 0 Å². The van der Waals surface area contributed by atoms with Crippen LogP contribution in [0.3, 0.4) is 0 Å². The minimum atomic E-state index is -0.576. The fourth-order valence-corrected chi connectivity index (χ4v) is 2.67. The summed E-state index contributed by atoms with van der Waals surface area (Å²) in [6, 6.07) is 13.9. The van der Waals surface area contributed by atoms with Gasteiger partial charge in [0.1, 0.15) is 6.29 Å². The van der Waals surface area contributed by atoms with Crippen molar-refractivity contribution in [2.24, 2.45) is 0 Å². The molecule has 0 saturated heterocycles. The topological polar surface area (TPSA) is 35.5 Å². The molecule has 1 unspecified atom stereocenters. The highest BCUT2D eigenvalue weighted by Crippen LogP contribution is 2.37.